The molecule has 3 heteroatoms. The second-order valence-corrected chi connectivity index (χ2v) is 4.70. The van der Waals surface area contributed by atoms with Gasteiger partial charge in [-0.25, -0.2) is 9.67 Å². The van der Waals surface area contributed by atoms with Crippen LogP contribution in [0.15, 0.2) is 30.3 Å². The van der Waals surface area contributed by atoms with Crippen molar-refractivity contribution in [3.8, 4) is 11.4 Å². The zero-order valence-corrected chi connectivity index (χ0v) is 10.1. The number of aryl methyl sites for hydroxylation is 1. The summed E-state index contributed by atoms with van der Waals surface area (Å²) in [5.41, 5.74) is 1.11. The van der Waals surface area contributed by atoms with Gasteiger partial charge in [0.1, 0.15) is 5.82 Å². The van der Waals surface area contributed by atoms with Crippen LogP contribution in [0.3, 0.4) is 0 Å². The van der Waals surface area contributed by atoms with Gasteiger partial charge in [0.05, 0.1) is 0 Å². The highest BCUT2D eigenvalue weighted by molar-refractivity contribution is 5.53. The van der Waals surface area contributed by atoms with Crippen molar-refractivity contribution in [2.24, 2.45) is 5.92 Å². The first kappa shape index (κ1) is 10.5. The molecule has 0 spiro atoms. The molecule has 0 bridgehead atoms. The van der Waals surface area contributed by atoms with Crippen LogP contribution >= 0.6 is 0 Å². The van der Waals surface area contributed by atoms with Crippen molar-refractivity contribution < 1.29 is 0 Å². The second-order valence-electron chi connectivity index (χ2n) is 4.70. The Balaban J connectivity index is 1.92. The third-order valence-electron chi connectivity index (χ3n) is 3.22. The van der Waals surface area contributed by atoms with E-state index in [9.17, 15) is 0 Å². The number of benzene rings is 1. The van der Waals surface area contributed by atoms with Crippen LogP contribution in [0.4, 0.5) is 0 Å². The van der Waals surface area contributed by atoms with Gasteiger partial charge in [0.25, 0.3) is 0 Å². The molecule has 1 heterocycles. The summed E-state index contributed by atoms with van der Waals surface area (Å²) in [6.45, 7) is 3.19. The zero-order chi connectivity index (χ0) is 11.7. The molecule has 0 aliphatic heterocycles. The predicted molar refractivity (Wildman–Crippen MR) is 67.6 cm³/mol. The molecule has 0 amide bonds. The Morgan fingerprint density at radius 1 is 1.24 bits per heavy atom. The molecule has 0 radical (unpaired) electrons. The summed E-state index contributed by atoms with van der Waals surface area (Å²) >= 11 is 0. The minimum absolute atomic E-state index is 0.839. The highest BCUT2D eigenvalue weighted by Gasteiger charge is 2.23. The van der Waals surface area contributed by atoms with Crippen LogP contribution < -0.4 is 0 Å². The molecule has 1 aliphatic rings. The van der Waals surface area contributed by atoms with Crippen molar-refractivity contribution in [3.63, 3.8) is 0 Å². The van der Waals surface area contributed by atoms with Gasteiger partial charge in [-0.05, 0) is 18.8 Å². The molecule has 88 valence electrons. The Morgan fingerprint density at radius 2 is 2.00 bits per heavy atom. The maximum atomic E-state index is 4.64. The minimum Gasteiger partial charge on any atom is -0.249 e. The second kappa shape index (κ2) is 4.32. The maximum Gasteiger partial charge on any atom is 0.181 e. The average molecular weight is 227 g/mol. The van der Waals surface area contributed by atoms with Gasteiger partial charge in [0.15, 0.2) is 5.82 Å². The molecule has 1 aromatic heterocycles. The molecule has 3 rings (SSSR count). The predicted octanol–water partition coefficient (Wildman–Crippen LogP) is 2.92. The summed E-state index contributed by atoms with van der Waals surface area (Å²) in [7, 11) is 0. The van der Waals surface area contributed by atoms with E-state index < -0.39 is 0 Å². The normalized spacial score (nSPS) is 15.1. The maximum absolute atomic E-state index is 4.64. The standard InChI is InChI=1S/C14H17N3/c1-2-13-15-14(12-6-4-3-5-7-12)16-17(13)10-11-8-9-11/h3-7,11H,2,8-10H2,1H3. The molecule has 0 N–H and O–H groups in total. The molecule has 3 nitrogen and oxygen atoms in total. The number of aromatic nitrogens is 3. The largest absolute Gasteiger partial charge is 0.249 e. The lowest BCUT2D eigenvalue weighted by atomic mass is 10.2. The highest BCUT2D eigenvalue weighted by atomic mass is 15.3. The Kier molecular flexibility index (Phi) is 2.67. The number of hydrogen-bond donors (Lipinski definition) is 0. The first-order chi connectivity index (χ1) is 8.36. The number of hydrogen-bond acceptors (Lipinski definition) is 2. The van der Waals surface area contributed by atoms with E-state index in [1.807, 2.05) is 18.2 Å². The van der Waals surface area contributed by atoms with Gasteiger partial charge in [-0.15, -0.1) is 0 Å². The van der Waals surface area contributed by atoms with Crippen LogP contribution in [-0.2, 0) is 13.0 Å². The van der Waals surface area contributed by atoms with Gasteiger partial charge in [0, 0.05) is 18.5 Å². The molecule has 1 fully saturated rings. The van der Waals surface area contributed by atoms with Crippen molar-refractivity contribution >= 4 is 0 Å². The zero-order valence-electron chi connectivity index (χ0n) is 10.1. The van der Waals surface area contributed by atoms with Crippen LogP contribution in [0.5, 0.6) is 0 Å². The fraction of sp³-hybridized carbons (Fsp3) is 0.429. The third kappa shape index (κ3) is 2.23. The van der Waals surface area contributed by atoms with Gasteiger partial charge in [0.2, 0.25) is 0 Å². The van der Waals surface area contributed by atoms with Crippen LogP contribution in [-0.4, -0.2) is 14.8 Å². The van der Waals surface area contributed by atoms with E-state index in [4.69, 9.17) is 0 Å². The first-order valence-corrected chi connectivity index (χ1v) is 6.36. The number of rotatable bonds is 4. The van der Waals surface area contributed by atoms with E-state index in [0.717, 1.165) is 36.1 Å². The Hall–Kier alpha value is -1.64. The van der Waals surface area contributed by atoms with Crippen molar-refractivity contribution in [2.75, 3.05) is 0 Å². The van der Waals surface area contributed by atoms with Crippen LogP contribution in [0.1, 0.15) is 25.6 Å². The molecular formula is C14H17N3. The van der Waals surface area contributed by atoms with E-state index in [-0.39, 0.29) is 0 Å². The molecule has 0 unspecified atom stereocenters. The molecule has 0 atom stereocenters. The topological polar surface area (TPSA) is 30.7 Å². The molecule has 17 heavy (non-hydrogen) atoms. The van der Waals surface area contributed by atoms with Crippen molar-refractivity contribution in [1.82, 2.24) is 14.8 Å². The highest BCUT2D eigenvalue weighted by Crippen LogP contribution is 2.31. The quantitative estimate of drug-likeness (QED) is 0.804. The van der Waals surface area contributed by atoms with Gasteiger partial charge in [-0.1, -0.05) is 37.3 Å². The SMILES string of the molecule is CCc1nc(-c2ccccc2)nn1CC1CC1. The summed E-state index contributed by atoms with van der Waals surface area (Å²) in [6, 6.07) is 10.2. The lowest BCUT2D eigenvalue weighted by molar-refractivity contribution is 0.539. The lowest BCUT2D eigenvalue weighted by Crippen LogP contribution is -2.06. The summed E-state index contributed by atoms with van der Waals surface area (Å²) in [5.74, 6) is 2.81. The molecule has 1 aliphatic carbocycles. The Bertz CT molecular complexity index is 497. The van der Waals surface area contributed by atoms with Crippen LogP contribution in [0.25, 0.3) is 11.4 Å². The summed E-state index contributed by atoms with van der Waals surface area (Å²) in [5, 5.41) is 4.64. The number of nitrogens with zero attached hydrogens (tertiary/aromatic N) is 3. The minimum atomic E-state index is 0.839. The van der Waals surface area contributed by atoms with Crippen LogP contribution in [0, 0.1) is 5.92 Å². The van der Waals surface area contributed by atoms with Crippen LogP contribution in [0.2, 0.25) is 0 Å². The Labute approximate surface area is 101 Å². The molecule has 1 saturated carbocycles. The smallest absolute Gasteiger partial charge is 0.181 e. The lowest BCUT2D eigenvalue weighted by Gasteiger charge is -2.01. The fourth-order valence-corrected chi connectivity index (χ4v) is 2.04. The molecular weight excluding hydrogens is 210 g/mol. The monoisotopic (exact) mass is 227 g/mol. The van der Waals surface area contributed by atoms with Gasteiger partial charge in [-0.3, -0.25) is 0 Å². The molecule has 0 saturated heterocycles. The van der Waals surface area contributed by atoms with E-state index >= 15 is 0 Å². The third-order valence-corrected chi connectivity index (χ3v) is 3.22. The first-order valence-electron chi connectivity index (χ1n) is 6.36. The van der Waals surface area contributed by atoms with E-state index in [0.29, 0.717) is 0 Å². The van der Waals surface area contributed by atoms with E-state index in [1.165, 1.54) is 12.8 Å². The van der Waals surface area contributed by atoms with Gasteiger partial charge < -0.3 is 0 Å². The summed E-state index contributed by atoms with van der Waals surface area (Å²) in [6.07, 6.45) is 3.65. The van der Waals surface area contributed by atoms with Crippen molar-refractivity contribution in [2.45, 2.75) is 32.7 Å². The molecule has 1 aromatic carbocycles. The van der Waals surface area contributed by atoms with E-state index in [2.05, 4.69) is 33.8 Å². The summed E-state index contributed by atoms with van der Waals surface area (Å²) < 4.78 is 2.10. The van der Waals surface area contributed by atoms with Gasteiger partial charge in [-0.2, -0.15) is 5.10 Å². The Morgan fingerprint density at radius 3 is 2.65 bits per heavy atom. The van der Waals surface area contributed by atoms with Crippen molar-refractivity contribution in [3.05, 3.63) is 36.2 Å². The van der Waals surface area contributed by atoms with E-state index in [1.54, 1.807) is 0 Å². The van der Waals surface area contributed by atoms with Crippen molar-refractivity contribution in [1.29, 1.82) is 0 Å². The van der Waals surface area contributed by atoms with Gasteiger partial charge >= 0.3 is 0 Å². The molecule has 2 aromatic rings. The average Bonchev–Trinajstić information content (AvgIpc) is 3.09. The summed E-state index contributed by atoms with van der Waals surface area (Å²) in [4.78, 5) is 4.63. The fourth-order valence-electron chi connectivity index (χ4n) is 2.04.